The maximum atomic E-state index is 10.5. The molecule has 1 aromatic heterocycles. The van der Waals surface area contributed by atoms with Gasteiger partial charge in [-0.05, 0) is 42.8 Å². The van der Waals surface area contributed by atoms with Crippen LogP contribution in [0, 0.1) is 12.3 Å². The first-order valence-electron chi connectivity index (χ1n) is 8.18. The fraction of sp³-hybridized carbons (Fsp3) is 0.556. The molecule has 1 aromatic carbocycles. The average molecular weight is 333 g/mol. The lowest BCUT2D eigenvalue weighted by molar-refractivity contribution is 0.0261. The fourth-order valence-corrected chi connectivity index (χ4v) is 3.04. The monoisotopic (exact) mass is 333 g/mol. The second-order valence-electron chi connectivity index (χ2n) is 7.11. The van der Waals surface area contributed by atoms with Gasteiger partial charge in [0.1, 0.15) is 12.7 Å². The molecule has 0 amide bonds. The topological polar surface area (TPSA) is 50.9 Å². The van der Waals surface area contributed by atoms with Crippen LogP contribution in [-0.4, -0.2) is 31.6 Å². The molecule has 0 aliphatic rings. The second kappa shape index (κ2) is 8.03. The average Bonchev–Trinajstić information content (AvgIpc) is 3.00. The van der Waals surface area contributed by atoms with Crippen molar-refractivity contribution in [2.24, 2.45) is 5.41 Å². The Bertz CT molecular complexity index is 581. The number of rotatable bonds is 8. The highest BCUT2D eigenvalue weighted by Crippen LogP contribution is 2.30. The van der Waals surface area contributed by atoms with Gasteiger partial charge in [-0.3, -0.25) is 4.68 Å². The van der Waals surface area contributed by atoms with Crippen LogP contribution in [-0.2, 0) is 13.0 Å². The molecule has 4 nitrogen and oxygen atoms in total. The number of nitrogens with zero attached hydrogens (tertiary/aromatic N) is 3. The van der Waals surface area contributed by atoms with Crippen LogP contribution in [0.4, 0.5) is 0 Å². The molecule has 5 heteroatoms. The molecule has 0 saturated heterocycles. The van der Waals surface area contributed by atoms with E-state index in [4.69, 9.17) is 0 Å². The van der Waals surface area contributed by atoms with E-state index in [0.717, 1.165) is 19.3 Å². The first-order valence-corrected chi connectivity index (χ1v) is 8.85. The third-order valence-electron chi connectivity index (χ3n) is 4.51. The Morgan fingerprint density at radius 1 is 1.26 bits per heavy atom. The van der Waals surface area contributed by atoms with Crippen molar-refractivity contribution in [3.05, 3.63) is 48.0 Å². The molecule has 0 radical (unpaired) electrons. The first kappa shape index (κ1) is 18.1. The maximum Gasteiger partial charge on any atom is 0.137 e. The molecule has 1 heterocycles. The lowest BCUT2D eigenvalue weighted by Gasteiger charge is -2.31. The van der Waals surface area contributed by atoms with E-state index in [9.17, 15) is 5.11 Å². The second-order valence-corrected chi connectivity index (χ2v) is 8.05. The minimum absolute atomic E-state index is 0.145. The van der Waals surface area contributed by atoms with E-state index in [2.05, 4.69) is 64.4 Å². The quantitative estimate of drug-likeness (QED) is 0.755. The normalized spacial score (nSPS) is 14.7. The molecule has 0 saturated carbocycles. The molecule has 2 rings (SSSR count). The fourth-order valence-electron chi connectivity index (χ4n) is 2.60. The summed E-state index contributed by atoms with van der Waals surface area (Å²) in [5, 5.41) is 14.6. The van der Waals surface area contributed by atoms with Crippen LogP contribution in [0.1, 0.15) is 37.8 Å². The Hall–Kier alpha value is -1.25. The van der Waals surface area contributed by atoms with E-state index in [1.807, 2.05) is 0 Å². The Labute approximate surface area is 141 Å². The van der Waals surface area contributed by atoms with Crippen LogP contribution in [0.25, 0.3) is 0 Å². The predicted molar refractivity (Wildman–Crippen MR) is 97.4 cm³/mol. The maximum absolute atomic E-state index is 10.5. The molecule has 2 aromatic rings. The first-order chi connectivity index (χ1) is 10.9. The van der Waals surface area contributed by atoms with Gasteiger partial charge < -0.3 is 5.11 Å². The molecule has 0 aliphatic carbocycles. The van der Waals surface area contributed by atoms with E-state index in [1.165, 1.54) is 17.5 Å². The Morgan fingerprint density at radius 2 is 1.96 bits per heavy atom. The van der Waals surface area contributed by atoms with Crippen LogP contribution in [0.3, 0.4) is 0 Å². The molecule has 0 aliphatic heterocycles. The Kier molecular flexibility index (Phi) is 6.32. The van der Waals surface area contributed by atoms with E-state index in [0.29, 0.717) is 12.2 Å². The summed E-state index contributed by atoms with van der Waals surface area (Å²) < 4.78 is 1.69. The molecule has 23 heavy (non-hydrogen) atoms. The van der Waals surface area contributed by atoms with E-state index >= 15 is 0 Å². The Balaban J connectivity index is 1.81. The van der Waals surface area contributed by atoms with Gasteiger partial charge in [-0.25, -0.2) is 4.98 Å². The highest BCUT2D eigenvalue weighted by molar-refractivity contribution is 7.17. The van der Waals surface area contributed by atoms with Crippen molar-refractivity contribution in [1.82, 2.24) is 14.8 Å². The van der Waals surface area contributed by atoms with Crippen molar-refractivity contribution in [2.45, 2.75) is 58.3 Å². The number of hydrogen-bond acceptors (Lipinski definition) is 3. The van der Waals surface area contributed by atoms with Crippen LogP contribution in [0.2, 0.25) is 0 Å². The molecular weight excluding hydrogens is 305 g/mol. The zero-order valence-corrected chi connectivity index (χ0v) is 15.5. The van der Waals surface area contributed by atoms with Gasteiger partial charge >= 0.3 is 0 Å². The number of benzene rings is 1. The summed E-state index contributed by atoms with van der Waals surface area (Å²) in [6.45, 7) is 6.85. The van der Waals surface area contributed by atoms with Crippen molar-refractivity contribution in [3.8, 4) is 0 Å². The van der Waals surface area contributed by atoms with Crippen molar-refractivity contribution >= 4 is 9.24 Å². The summed E-state index contributed by atoms with van der Waals surface area (Å²) in [5.41, 5.74) is 3.05. The molecule has 126 valence electrons. The summed E-state index contributed by atoms with van der Waals surface area (Å²) >= 11 is 0. The minimum atomic E-state index is -0.430. The largest absolute Gasteiger partial charge is 0.391 e. The van der Waals surface area contributed by atoms with Crippen molar-refractivity contribution in [2.75, 3.05) is 0 Å². The van der Waals surface area contributed by atoms with Crippen molar-refractivity contribution < 1.29 is 5.11 Å². The van der Waals surface area contributed by atoms with Gasteiger partial charge in [0.2, 0.25) is 0 Å². The van der Waals surface area contributed by atoms with Gasteiger partial charge in [-0.1, -0.05) is 43.7 Å². The smallest absolute Gasteiger partial charge is 0.137 e. The Morgan fingerprint density at radius 3 is 2.57 bits per heavy atom. The van der Waals surface area contributed by atoms with Gasteiger partial charge in [-0.2, -0.15) is 5.10 Å². The molecule has 0 bridgehead atoms. The van der Waals surface area contributed by atoms with Crippen molar-refractivity contribution in [3.63, 3.8) is 0 Å². The van der Waals surface area contributed by atoms with Gasteiger partial charge in [0.15, 0.2) is 0 Å². The third kappa shape index (κ3) is 5.71. The standard InChI is InChI=1S/C18H28N3OP/c1-14-4-6-15(7-5-14)10-16(23)8-9-18(2,3)17(22)11-21-13-19-12-20-21/h4-7,12-13,16-17,22H,8-11,23H2,1-3H3. The number of aliphatic hydroxyl groups is 1. The summed E-state index contributed by atoms with van der Waals surface area (Å²) in [7, 11) is 2.96. The zero-order valence-electron chi connectivity index (χ0n) is 14.3. The lowest BCUT2D eigenvalue weighted by Crippen LogP contribution is -2.34. The summed E-state index contributed by atoms with van der Waals surface area (Å²) in [4.78, 5) is 3.92. The van der Waals surface area contributed by atoms with Crippen LogP contribution < -0.4 is 0 Å². The lowest BCUT2D eigenvalue weighted by atomic mass is 9.81. The molecule has 3 atom stereocenters. The van der Waals surface area contributed by atoms with Gasteiger partial charge in [0.25, 0.3) is 0 Å². The highest BCUT2D eigenvalue weighted by atomic mass is 31.0. The zero-order chi connectivity index (χ0) is 16.9. The van der Waals surface area contributed by atoms with Crippen molar-refractivity contribution in [1.29, 1.82) is 0 Å². The minimum Gasteiger partial charge on any atom is -0.391 e. The van der Waals surface area contributed by atoms with Gasteiger partial charge in [0.05, 0.1) is 12.6 Å². The molecule has 3 unspecified atom stereocenters. The predicted octanol–water partition coefficient (Wildman–Crippen LogP) is 3.24. The van der Waals surface area contributed by atoms with Gasteiger partial charge in [-0.15, -0.1) is 9.24 Å². The van der Waals surface area contributed by atoms with E-state index in [-0.39, 0.29) is 5.41 Å². The highest BCUT2D eigenvalue weighted by Gasteiger charge is 2.28. The third-order valence-corrected chi connectivity index (χ3v) is 5.08. The number of aromatic nitrogens is 3. The summed E-state index contributed by atoms with van der Waals surface area (Å²) in [6, 6.07) is 8.74. The van der Waals surface area contributed by atoms with Crippen LogP contribution in [0.5, 0.6) is 0 Å². The summed E-state index contributed by atoms with van der Waals surface area (Å²) in [5.74, 6) is 0. The van der Waals surface area contributed by atoms with Crippen LogP contribution >= 0.6 is 9.24 Å². The number of aryl methyl sites for hydroxylation is 1. The number of aliphatic hydroxyl groups excluding tert-OH is 1. The SMILES string of the molecule is Cc1ccc(CC(P)CCC(C)(C)C(O)Cn2cncn2)cc1. The van der Waals surface area contributed by atoms with Gasteiger partial charge in [0, 0.05) is 0 Å². The van der Waals surface area contributed by atoms with E-state index in [1.54, 1.807) is 11.0 Å². The molecular formula is C18H28N3OP. The number of hydrogen-bond donors (Lipinski definition) is 1. The molecule has 0 fully saturated rings. The summed E-state index contributed by atoms with van der Waals surface area (Å²) in [6.07, 6.45) is 5.82. The van der Waals surface area contributed by atoms with E-state index < -0.39 is 6.10 Å². The molecule has 0 spiro atoms. The molecule has 1 N–H and O–H groups in total. The van der Waals surface area contributed by atoms with Crippen LogP contribution in [0.15, 0.2) is 36.9 Å².